The van der Waals surface area contributed by atoms with Crippen molar-refractivity contribution >= 4 is 5.69 Å². The number of nitrogens with zero attached hydrogens (tertiary/aromatic N) is 3. The van der Waals surface area contributed by atoms with Crippen molar-refractivity contribution in [1.29, 1.82) is 0 Å². The second-order valence-corrected chi connectivity index (χ2v) is 6.30. The highest BCUT2D eigenvalue weighted by Crippen LogP contribution is 2.34. The first kappa shape index (κ1) is 15.6. The van der Waals surface area contributed by atoms with E-state index in [1.807, 2.05) is 0 Å². The van der Waals surface area contributed by atoms with Crippen LogP contribution in [0.4, 0.5) is 18.9 Å². The molecule has 3 aliphatic rings. The molecule has 0 N–H and O–H groups in total. The van der Waals surface area contributed by atoms with Crippen LogP contribution in [-0.4, -0.2) is 42.1 Å². The van der Waals surface area contributed by atoms with E-state index in [0.717, 1.165) is 58.1 Å². The van der Waals surface area contributed by atoms with Crippen LogP contribution in [0.3, 0.4) is 0 Å². The Balaban J connectivity index is 1.94. The van der Waals surface area contributed by atoms with Gasteiger partial charge in [-0.1, -0.05) is 0 Å². The molecule has 22 heavy (non-hydrogen) atoms. The maximum absolute atomic E-state index is 13.0. The van der Waals surface area contributed by atoms with Gasteiger partial charge >= 0.3 is 6.18 Å². The van der Waals surface area contributed by atoms with Crippen LogP contribution in [0, 0.1) is 6.92 Å². The Morgan fingerprint density at radius 1 is 1.09 bits per heavy atom. The lowest BCUT2D eigenvalue weighted by Crippen LogP contribution is -2.47. The molecule has 3 aliphatic heterocycles. The fourth-order valence-electron chi connectivity index (χ4n) is 3.61. The molecule has 6 heteroatoms. The maximum atomic E-state index is 13.0. The monoisotopic (exact) mass is 313 g/mol. The zero-order valence-electron chi connectivity index (χ0n) is 12.9. The van der Waals surface area contributed by atoms with Gasteiger partial charge in [-0.25, -0.2) is 0 Å². The summed E-state index contributed by atoms with van der Waals surface area (Å²) in [6.45, 7) is 5.74. The van der Waals surface area contributed by atoms with E-state index in [-0.39, 0.29) is 0 Å². The van der Waals surface area contributed by atoms with Gasteiger partial charge in [-0.15, -0.1) is 0 Å². The van der Waals surface area contributed by atoms with E-state index in [1.54, 1.807) is 6.92 Å². The van der Waals surface area contributed by atoms with Crippen LogP contribution in [0.2, 0.25) is 0 Å². The van der Waals surface area contributed by atoms with E-state index in [2.05, 4.69) is 14.8 Å². The lowest BCUT2D eigenvalue weighted by Gasteiger charge is -2.41. The van der Waals surface area contributed by atoms with Crippen LogP contribution in [0.1, 0.15) is 36.9 Å². The molecule has 4 heterocycles. The number of aromatic nitrogens is 1. The molecule has 1 aromatic heterocycles. The summed E-state index contributed by atoms with van der Waals surface area (Å²) in [6.07, 6.45) is 0.935. The van der Waals surface area contributed by atoms with Crippen molar-refractivity contribution in [2.45, 2.75) is 44.8 Å². The van der Waals surface area contributed by atoms with E-state index in [1.165, 1.54) is 6.07 Å². The number of alkyl halides is 3. The molecule has 4 rings (SSSR count). The molecular formula is C16H22F3N3. The lowest BCUT2D eigenvalue weighted by atomic mass is 9.98. The largest absolute Gasteiger partial charge is 0.417 e. The number of hydrogen-bond acceptors (Lipinski definition) is 3. The predicted molar refractivity (Wildman–Crippen MR) is 80.0 cm³/mol. The minimum absolute atomic E-state index is 0.339. The predicted octanol–water partition coefficient (Wildman–Crippen LogP) is 3.47. The van der Waals surface area contributed by atoms with Gasteiger partial charge in [0.1, 0.15) is 0 Å². The highest BCUT2D eigenvalue weighted by molar-refractivity contribution is 5.53. The smallest absolute Gasteiger partial charge is 0.366 e. The van der Waals surface area contributed by atoms with Crippen LogP contribution < -0.4 is 4.90 Å². The van der Waals surface area contributed by atoms with Gasteiger partial charge < -0.3 is 9.80 Å². The molecule has 2 bridgehead atoms. The Morgan fingerprint density at radius 2 is 1.77 bits per heavy atom. The standard InChI is InChI=1S/C16H22F3N3/c1-12-15(10-13(11-20-12)16(17,18)19)22-9-8-21-6-2-4-14(22)5-3-7-21/h10-11,14H,2-9H2,1H3. The molecule has 3 saturated heterocycles. The van der Waals surface area contributed by atoms with Crippen molar-refractivity contribution < 1.29 is 13.2 Å². The third kappa shape index (κ3) is 3.21. The number of aryl methyl sites for hydroxylation is 1. The Bertz CT molecular complexity index is 520. The van der Waals surface area contributed by atoms with Crippen LogP contribution in [0.25, 0.3) is 0 Å². The van der Waals surface area contributed by atoms with Crippen molar-refractivity contribution in [3.63, 3.8) is 0 Å². The molecule has 0 radical (unpaired) electrons. The van der Waals surface area contributed by atoms with E-state index >= 15 is 0 Å². The van der Waals surface area contributed by atoms with Gasteiger partial charge in [-0.3, -0.25) is 4.98 Å². The Labute approximate surface area is 129 Å². The fraction of sp³-hybridized carbons (Fsp3) is 0.688. The summed E-state index contributed by atoms with van der Waals surface area (Å²) < 4.78 is 39.0. The Hall–Kier alpha value is -1.30. The molecule has 0 saturated carbocycles. The molecule has 0 spiro atoms. The summed E-state index contributed by atoms with van der Waals surface area (Å²) in [5, 5.41) is 0. The molecule has 3 fully saturated rings. The normalized spacial score (nSPS) is 26.5. The molecule has 0 atom stereocenters. The topological polar surface area (TPSA) is 19.4 Å². The second kappa shape index (κ2) is 6.07. The molecule has 0 aliphatic carbocycles. The fourth-order valence-corrected chi connectivity index (χ4v) is 3.61. The van der Waals surface area contributed by atoms with Gasteiger partial charge in [0.05, 0.1) is 16.9 Å². The summed E-state index contributed by atoms with van der Waals surface area (Å²) >= 11 is 0. The van der Waals surface area contributed by atoms with Crippen LogP contribution in [0.15, 0.2) is 12.3 Å². The van der Waals surface area contributed by atoms with E-state index in [9.17, 15) is 13.2 Å². The number of hydrogen-bond donors (Lipinski definition) is 0. The van der Waals surface area contributed by atoms with Crippen molar-refractivity contribution in [1.82, 2.24) is 9.88 Å². The van der Waals surface area contributed by atoms with Gasteiger partial charge in [0, 0.05) is 25.3 Å². The first-order valence-corrected chi connectivity index (χ1v) is 7.98. The van der Waals surface area contributed by atoms with E-state index in [0.29, 0.717) is 17.4 Å². The van der Waals surface area contributed by atoms with Crippen LogP contribution >= 0.6 is 0 Å². The summed E-state index contributed by atoms with van der Waals surface area (Å²) in [6, 6.07) is 1.62. The van der Waals surface area contributed by atoms with Gasteiger partial charge in [-0.05, 0) is 51.8 Å². The van der Waals surface area contributed by atoms with E-state index < -0.39 is 11.7 Å². The minimum atomic E-state index is -4.34. The van der Waals surface area contributed by atoms with Crippen LogP contribution in [-0.2, 0) is 6.18 Å². The number of pyridine rings is 1. The highest BCUT2D eigenvalue weighted by atomic mass is 19.4. The summed E-state index contributed by atoms with van der Waals surface area (Å²) in [7, 11) is 0. The number of halogens is 3. The molecular weight excluding hydrogens is 291 g/mol. The van der Waals surface area contributed by atoms with E-state index in [4.69, 9.17) is 0 Å². The third-order valence-corrected chi connectivity index (χ3v) is 4.82. The van der Waals surface area contributed by atoms with Crippen molar-refractivity contribution in [2.75, 3.05) is 31.1 Å². The molecule has 1 aromatic rings. The van der Waals surface area contributed by atoms with Gasteiger partial charge in [0.2, 0.25) is 0 Å². The average Bonchev–Trinajstić information content (AvgIpc) is 2.37. The van der Waals surface area contributed by atoms with Crippen molar-refractivity contribution in [3.8, 4) is 0 Å². The van der Waals surface area contributed by atoms with Gasteiger partial charge in [0.25, 0.3) is 0 Å². The molecule has 0 amide bonds. The van der Waals surface area contributed by atoms with Crippen molar-refractivity contribution in [3.05, 3.63) is 23.5 Å². The number of fused-ring (bicyclic) bond motifs is 6. The molecule has 122 valence electrons. The molecule has 0 unspecified atom stereocenters. The SMILES string of the molecule is Cc1ncc(C(F)(F)F)cc1N1CCN2CCCC1CCC2. The zero-order valence-corrected chi connectivity index (χ0v) is 12.9. The summed E-state index contributed by atoms with van der Waals surface area (Å²) in [4.78, 5) is 8.60. The molecule has 3 nitrogen and oxygen atoms in total. The highest BCUT2D eigenvalue weighted by Gasteiger charge is 2.33. The second-order valence-electron chi connectivity index (χ2n) is 6.30. The van der Waals surface area contributed by atoms with Crippen molar-refractivity contribution in [2.24, 2.45) is 0 Å². The zero-order chi connectivity index (χ0) is 15.7. The maximum Gasteiger partial charge on any atom is 0.417 e. The summed E-state index contributed by atoms with van der Waals surface area (Å²) in [5.41, 5.74) is 0.692. The minimum Gasteiger partial charge on any atom is -0.366 e. The number of anilines is 1. The lowest BCUT2D eigenvalue weighted by molar-refractivity contribution is -0.137. The Morgan fingerprint density at radius 3 is 2.41 bits per heavy atom. The van der Waals surface area contributed by atoms with Gasteiger partial charge in [-0.2, -0.15) is 13.2 Å². The number of rotatable bonds is 1. The third-order valence-electron chi connectivity index (χ3n) is 4.82. The first-order valence-electron chi connectivity index (χ1n) is 7.98. The summed E-state index contributed by atoms with van der Waals surface area (Å²) in [5.74, 6) is 0. The van der Waals surface area contributed by atoms with Gasteiger partial charge in [0.15, 0.2) is 0 Å². The quantitative estimate of drug-likeness (QED) is 0.791. The average molecular weight is 313 g/mol. The Kier molecular flexibility index (Phi) is 4.30. The molecule has 0 aromatic carbocycles. The first-order chi connectivity index (χ1) is 10.4. The van der Waals surface area contributed by atoms with Crippen LogP contribution in [0.5, 0.6) is 0 Å².